The van der Waals surface area contributed by atoms with Gasteiger partial charge in [0.05, 0.1) is 24.0 Å². The maximum absolute atomic E-state index is 12.5. The standard InChI is InChI=1S/C22H15Br2N5O3/c23-14-9-16-20(17(24)10-14)29(22(31)21(16)30)8-7-28-11-15(26-27-28)12-32-18-5-1-3-13-4-2-6-25-19(13)18/h1-6,9-11H,7-8,12H2. The molecule has 2 aromatic heterocycles. The number of halogens is 2. The summed E-state index contributed by atoms with van der Waals surface area (Å²) in [5, 5.41) is 9.26. The number of rotatable bonds is 6. The third-order valence-electron chi connectivity index (χ3n) is 5.09. The van der Waals surface area contributed by atoms with Gasteiger partial charge in [-0.25, -0.2) is 0 Å². The van der Waals surface area contributed by atoms with Gasteiger partial charge in [-0.15, -0.1) is 5.10 Å². The number of hydrogen-bond acceptors (Lipinski definition) is 6. The van der Waals surface area contributed by atoms with E-state index in [2.05, 4.69) is 47.2 Å². The predicted octanol–water partition coefficient (Wildman–Crippen LogP) is 4.16. The molecule has 0 saturated carbocycles. The van der Waals surface area contributed by atoms with Crippen molar-refractivity contribution in [2.45, 2.75) is 13.2 Å². The highest BCUT2D eigenvalue weighted by Gasteiger charge is 2.37. The monoisotopic (exact) mass is 555 g/mol. The van der Waals surface area contributed by atoms with E-state index in [1.165, 1.54) is 4.90 Å². The van der Waals surface area contributed by atoms with Crippen LogP contribution in [0.25, 0.3) is 10.9 Å². The Morgan fingerprint density at radius 1 is 1.03 bits per heavy atom. The van der Waals surface area contributed by atoms with Crippen LogP contribution in [0.2, 0.25) is 0 Å². The summed E-state index contributed by atoms with van der Waals surface area (Å²) in [4.78, 5) is 30.7. The van der Waals surface area contributed by atoms with Gasteiger partial charge >= 0.3 is 0 Å². The molecule has 0 radical (unpaired) electrons. The Bertz CT molecular complexity index is 1370. The second-order valence-electron chi connectivity index (χ2n) is 7.16. The van der Waals surface area contributed by atoms with E-state index in [1.54, 1.807) is 23.1 Å². The van der Waals surface area contributed by atoms with Gasteiger partial charge in [0, 0.05) is 27.1 Å². The number of carbonyl (C=O) groups excluding carboxylic acids is 2. The van der Waals surface area contributed by atoms with E-state index in [-0.39, 0.29) is 13.2 Å². The third-order valence-corrected chi connectivity index (χ3v) is 6.15. The van der Waals surface area contributed by atoms with Crippen LogP contribution in [0.5, 0.6) is 5.75 Å². The molecule has 0 unspecified atom stereocenters. The largest absolute Gasteiger partial charge is 0.485 e. The molecule has 10 heteroatoms. The van der Waals surface area contributed by atoms with Crippen LogP contribution < -0.4 is 9.64 Å². The van der Waals surface area contributed by atoms with Crippen LogP contribution in [0.1, 0.15) is 16.1 Å². The van der Waals surface area contributed by atoms with E-state index >= 15 is 0 Å². The quantitative estimate of drug-likeness (QED) is 0.331. The Morgan fingerprint density at radius 2 is 1.88 bits per heavy atom. The summed E-state index contributed by atoms with van der Waals surface area (Å²) >= 11 is 6.81. The lowest BCUT2D eigenvalue weighted by atomic mass is 10.1. The number of amides is 1. The summed E-state index contributed by atoms with van der Waals surface area (Å²) in [6, 6.07) is 13.1. The number of carbonyl (C=O) groups is 2. The van der Waals surface area contributed by atoms with E-state index in [0.717, 1.165) is 15.4 Å². The van der Waals surface area contributed by atoms with Crippen molar-refractivity contribution in [3.8, 4) is 5.75 Å². The van der Waals surface area contributed by atoms with Gasteiger partial charge in [0.2, 0.25) is 0 Å². The zero-order valence-electron chi connectivity index (χ0n) is 16.5. The zero-order valence-corrected chi connectivity index (χ0v) is 19.7. The summed E-state index contributed by atoms with van der Waals surface area (Å²) in [7, 11) is 0. The van der Waals surface area contributed by atoms with Crippen molar-refractivity contribution >= 4 is 60.1 Å². The van der Waals surface area contributed by atoms with Crippen molar-refractivity contribution in [2.75, 3.05) is 11.4 Å². The molecular weight excluding hydrogens is 542 g/mol. The SMILES string of the molecule is O=C1C(=O)N(CCn2cc(COc3cccc4cccnc34)nn2)c2c(Br)cc(Br)cc21. The number of Topliss-reactive ketones (excluding diaryl/α,β-unsaturated/α-hetero) is 1. The maximum Gasteiger partial charge on any atom is 0.299 e. The minimum Gasteiger partial charge on any atom is -0.485 e. The first-order chi connectivity index (χ1) is 15.5. The van der Waals surface area contributed by atoms with Gasteiger partial charge in [0.1, 0.15) is 23.6 Å². The molecule has 3 heterocycles. The van der Waals surface area contributed by atoms with E-state index in [9.17, 15) is 9.59 Å². The molecule has 0 saturated heterocycles. The van der Waals surface area contributed by atoms with Gasteiger partial charge in [0.15, 0.2) is 0 Å². The highest BCUT2D eigenvalue weighted by molar-refractivity contribution is 9.11. The molecule has 32 heavy (non-hydrogen) atoms. The zero-order chi connectivity index (χ0) is 22.2. The number of ether oxygens (including phenoxy) is 1. The highest BCUT2D eigenvalue weighted by atomic mass is 79.9. The molecule has 0 bridgehead atoms. The molecule has 4 aromatic rings. The summed E-state index contributed by atoms with van der Waals surface area (Å²) in [6.07, 6.45) is 3.49. The first-order valence-corrected chi connectivity index (χ1v) is 11.3. The van der Waals surface area contributed by atoms with Gasteiger partial charge in [-0.2, -0.15) is 0 Å². The van der Waals surface area contributed by atoms with Crippen molar-refractivity contribution in [1.29, 1.82) is 0 Å². The summed E-state index contributed by atoms with van der Waals surface area (Å²) in [5.74, 6) is -0.393. The van der Waals surface area contributed by atoms with Crippen molar-refractivity contribution in [2.24, 2.45) is 0 Å². The average Bonchev–Trinajstić information content (AvgIpc) is 3.34. The van der Waals surface area contributed by atoms with E-state index in [4.69, 9.17) is 4.74 Å². The second kappa shape index (κ2) is 8.44. The van der Waals surface area contributed by atoms with Crippen LogP contribution in [-0.4, -0.2) is 38.2 Å². The number of para-hydroxylation sites is 1. The maximum atomic E-state index is 12.5. The van der Waals surface area contributed by atoms with Gasteiger partial charge in [-0.1, -0.05) is 39.3 Å². The number of ketones is 1. The molecular formula is C22H15Br2N5O3. The van der Waals surface area contributed by atoms with Gasteiger partial charge in [0.25, 0.3) is 11.7 Å². The fourth-order valence-electron chi connectivity index (χ4n) is 3.63. The number of benzene rings is 2. The molecule has 8 nitrogen and oxygen atoms in total. The molecule has 0 atom stereocenters. The molecule has 1 aliphatic rings. The van der Waals surface area contributed by atoms with Crippen LogP contribution in [0.3, 0.4) is 0 Å². The lowest BCUT2D eigenvalue weighted by Gasteiger charge is -2.17. The molecule has 2 aromatic carbocycles. The number of anilines is 1. The molecule has 5 rings (SSSR count). The summed E-state index contributed by atoms with van der Waals surface area (Å²) in [5.41, 5.74) is 2.39. The first kappa shape index (κ1) is 20.8. The second-order valence-corrected chi connectivity index (χ2v) is 8.93. The Kier molecular flexibility index (Phi) is 5.48. The molecule has 0 N–H and O–H groups in total. The molecule has 1 amide bonds. The molecule has 0 aliphatic carbocycles. The lowest BCUT2D eigenvalue weighted by molar-refractivity contribution is -0.114. The van der Waals surface area contributed by atoms with Crippen molar-refractivity contribution in [1.82, 2.24) is 20.0 Å². The van der Waals surface area contributed by atoms with E-state index in [0.29, 0.717) is 33.7 Å². The number of nitrogens with zero attached hydrogens (tertiary/aromatic N) is 5. The Labute approximate surface area is 199 Å². The third kappa shape index (κ3) is 3.80. The molecule has 1 aliphatic heterocycles. The molecule has 0 fully saturated rings. The fraction of sp³-hybridized carbons (Fsp3) is 0.136. The van der Waals surface area contributed by atoms with Crippen molar-refractivity contribution in [3.05, 3.63) is 75.1 Å². The number of aromatic nitrogens is 4. The van der Waals surface area contributed by atoms with Crippen molar-refractivity contribution in [3.63, 3.8) is 0 Å². The fourth-order valence-corrected chi connectivity index (χ4v) is 5.07. The van der Waals surface area contributed by atoms with Crippen LogP contribution in [-0.2, 0) is 17.9 Å². The molecule has 160 valence electrons. The minimum absolute atomic E-state index is 0.235. The van der Waals surface area contributed by atoms with Crippen LogP contribution in [0.4, 0.5) is 5.69 Å². The number of pyridine rings is 1. The van der Waals surface area contributed by atoms with Gasteiger partial charge in [-0.3, -0.25) is 19.3 Å². The lowest BCUT2D eigenvalue weighted by Crippen LogP contribution is -2.33. The van der Waals surface area contributed by atoms with Crippen molar-refractivity contribution < 1.29 is 14.3 Å². The Morgan fingerprint density at radius 3 is 2.75 bits per heavy atom. The van der Waals surface area contributed by atoms with Crippen LogP contribution in [0.15, 0.2) is 63.8 Å². The van der Waals surface area contributed by atoms with Crippen LogP contribution >= 0.6 is 31.9 Å². The van der Waals surface area contributed by atoms with E-state index < -0.39 is 11.7 Å². The van der Waals surface area contributed by atoms with E-state index in [1.807, 2.05) is 36.4 Å². The average molecular weight is 557 g/mol. The summed E-state index contributed by atoms with van der Waals surface area (Å²) in [6.45, 7) is 0.901. The normalized spacial score (nSPS) is 13.1. The smallest absolute Gasteiger partial charge is 0.299 e. The summed E-state index contributed by atoms with van der Waals surface area (Å²) < 4.78 is 8.94. The van der Waals surface area contributed by atoms with Crippen LogP contribution in [0, 0.1) is 0 Å². The predicted molar refractivity (Wildman–Crippen MR) is 125 cm³/mol. The van der Waals surface area contributed by atoms with Gasteiger partial charge < -0.3 is 9.64 Å². The Balaban J connectivity index is 1.27. The first-order valence-electron chi connectivity index (χ1n) is 9.72. The highest BCUT2D eigenvalue weighted by Crippen LogP contribution is 2.38. The van der Waals surface area contributed by atoms with Gasteiger partial charge in [-0.05, 0) is 40.2 Å². The topological polar surface area (TPSA) is 90.2 Å². The Hall–Kier alpha value is -3.11. The number of fused-ring (bicyclic) bond motifs is 2. The minimum atomic E-state index is -0.550. The number of hydrogen-bond donors (Lipinski definition) is 0. The molecule has 0 spiro atoms.